The zero-order valence-corrected chi connectivity index (χ0v) is 17.1. The van der Waals surface area contributed by atoms with Crippen molar-refractivity contribution in [2.75, 3.05) is 40.6 Å². The van der Waals surface area contributed by atoms with Crippen molar-refractivity contribution < 1.29 is 42.9 Å². The van der Waals surface area contributed by atoms with Crippen LogP contribution in [0.1, 0.15) is 20.7 Å². The molecule has 0 saturated carbocycles. The van der Waals surface area contributed by atoms with Crippen molar-refractivity contribution >= 4 is 23.5 Å². The number of methoxy groups -OCH3 is 2. The van der Waals surface area contributed by atoms with Crippen molar-refractivity contribution in [1.29, 1.82) is 0 Å². The van der Waals surface area contributed by atoms with Crippen LogP contribution in [0.3, 0.4) is 0 Å². The summed E-state index contributed by atoms with van der Waals surface area (Å²) < 4.78 is 24.7. The van der Waals surface area contributed by atoms with Gasteiger partial charge in [0.1, 0.15) is 24.7 Å². The summed E-state index contributed by atoms with van der Waals surface area (Å²) in [6.07, 6.45) is 0. The Kier molecular flexibility index (Phi) is 9.34. The largest absolute Gasteiger partial charge is 0.457 e. The number of hydrogen-bond donors (Lipinski definition) is 0. The first-order valence-electron chi connectivity index (χ1n) is 9.25. The summed E-state index contributed by atoms with van der Waals surface area (Å²) in [6, 6.07) is 11.8. The minimum Gasteiger partial charge on any atom is -0.457 e. The molecule has 0 amide bonds. The van der Waals surface area contributed by atoms with Gasteiger partial charge >= 0.3 is 11.9 Å². The molecule has 0 N–H and O–H groups in total. The van der Waals surface area contributed by atoms with E-state index < -0.39 is 23.5 Å². The molecule has 0 aliphatic heterocycles. The molecule has 0 aromatic heterocycles. The first-order chi connectivity index (χ1) is 15.0. The highest BCUT2D eigenvalue weighted by molar-refractivity contribution is 6.41. The molecule has 0 bridgehead atoms. The molecule has 2 aromatic rings. The molecule has 0 saturated heterocycles. The molecule has 9 nitrogen and oxygen atoms in total. The van der Waals surface area contributed by atoms with Crippen LogP contribution in [0.5, 0.6) is 11.5 Å². The Balaban J connectivity index is 1.93. The highest BCUT2D eigenvalue weighted by atomic mass is 16.6. The van der Waals surface area contributed by atoms with Crippen LogP contribution in [-0.2, 0) is 28.5 Å². The van der Waals surface area contributed by atoms with Crippen LogP contribution in [0.4, 0.5) is 0 Å². The number of ether oxygens (including phenoxy) is 5. The van der Waals surface area contributed by atoms with Crippen LogP contribution in [-0.4, -0.2) is 64.2 Å². The third kappa shape index (κ3) is 7.32. The normalized spacial score (nSPS) is 10.3. The van der Waals surface area contributed by atoms with Gasteiger partial charge in [0.25, 0.3) is 11.6 Å². The van der Waals surface area contributed by atoms with Gasteiger partial charge in [0, 0.05) is 25.3 Å². The van der Waals surface area contributed by atoms with E-state index in [1.54, 1.807) is 0 Å². The fourth-order valence-electron chi connectivity index (χ4n) is 2.29. The lowest BCUT2D eigenvalue weighted by molar-refractivity contribution is -0.140. The lowest BCUT2D eigenvalue weighted by Gasteiger charge is -2.08. The Hall–Kier alpha value is -3.56. The van der Waals surface area contributed by atoms with E-state index >= 15 is 0 Å². The molecular formula is C22H22O9. The zero-order chi connectivity index (χ0) is 22.6. The van der Waals surface area contributed by atoms with Crippen molar-refractivity contribution in [3.8, 4) is 11.5 Å². The van der Waals surface area contributed by atoms with Gasteiger partial charge in [-0.15, -0.1) is 0 Å². The molecule has 164 valence electrons. The topological polar surface area (TPSA) is 114 Å². The molecule has 0 aliphatic rings. The predicted molar refractivity (Wildman–Crippen MR) is 107 cm³/mol. The summed E-state index contributed by atoms with van der Waals surface area (Å²) in [7, 11) is 2.91. The summed E-state index contributed by atoms with van der Waals surface area (Å²) in [5.41, 5.74) is 0.311. The van der Waals surface area contributed by atoms with E-state index in [-0.39, 0.29) is 37.6 Å². The maximum absolute atomic E-state index is 12.0. The highest BCUT2D eigenvalue weighted by Gasteiger charge is 2.19. The second-order valence-corrected chi connectivity index (χ2v) is 6.07. The number of carbonyl (C=O) groups excluding carboxylic acids is 4. The van der Waals surface area contributed by atoms with Crippen molar-refractivity contribution in [3.05, 3.63) is 59.7 Å². The molecule has 0 spiro atoms. The number of esters is 2. The Morgan fingerprint density at radius 1 is 0.581 bits per heavy atom. The van der Waals surface area contributed by atoms with Gasteiger partial charge in [0.15, 0.2) is 0 Å². The van der Waals surface area contributed by atoms with Crippen LogP contribution in [0.25, 0.3) is 0 Å². The number of rotatable bonds is 12. The maximum atomic E-state index is 12.0. The minimum absolute atomic E-state index is 0.00829. The number of Topliss-reactive ketones (excluding diaryl/α,β-unsaturated/α-hetero) is 2. The van der Waals surface area contributed by atoms with Gasteiger partial charge in [0.2, 0.25) is 0 Å². The van der Waals surface area contributed by atoms with E-state index in [0.29, 0.717) is 11.5 Å². The van der Waals surface area contributed by atoms with E-state index in [9.17, 15) is 19.2 Å². The summed E-state index contributed by atoms with van der Waals surface area (Å²) >= 11 is 0. The molecule has 9 heteroatoms. The predicted octanol–water partition coefficient (Wildman–Crippen LogP) is 2.22. The molecular weight excluding hydrogens is 408 g/mol. The van der Waals surface area contributed by atoms with Crippen LogP contribution < -0.4 is 4.74 Å². The van der Waals surface area contributed by atoms with Gasteiger partial charge in [-0.1, -0.05) is 0 Å². The minimum atomic E-state index is -0.966. The quantitative estimate of drug-likeness (QED) is 0.216. The fraction of sp³-hybridized carbons (Fsp3) is 0.273. The van der Waals surface area contributed by atoms with Gasteiger partial charge in [-0.3, -0.25) is 9.59 Å². The molecule has 31 heavy (non-hydrogen) atoms. The lowest BCUT2D eigenvalue weighted by Crippen LogP contribution is -2.19. The molecule has 2 rings (SSSR count). The fourth-order valence-corrected chi connectivity index (χ4v) is 2.29. The number of ketones is 2. The lowest BCUT2D eigenvalue weighted by atomic mass is 10.1. The van der Waals surface area contributed by atoms with Crippen molar-refractivity contribution in [2.45, 2.75) is 0 Å². The average Bonchev–Trinajstić information content (AvgIpc) is 2.79. The van der Waals surface area contributed by atoms with Gasteiger partial charge in [-0.2, -0.15) is 0 Å². The first-order valence-corrected chi connectivity index (χ1v) is 9.25. The van der Waals surface area contributed by atoms with Gasteiger partial charge < -0.3 is 23.7 Å². The van der Waals surface area contributed by atoms with Gasteiger partial charge in [-0.25, -0.2) is 9.59 Å². The molecule has 0 fully saturated rings. The standard InChI is InChI=1S/C22H22O9/c1-27-11-13-29-21(25)19(23)15-3-7-17(8-4-15)31-18-9-5-16(6-10-18)20(24)22(26)30-14-12-28-2/h3-10H,11-14H2,1-2H3. The van der Waals surface area contributed by atoms with Gasteiger partial charge in [-0.05, 0) is 48.5 Å². The van der Waals surface area contributed by atoms with E-state index in [1.807, 2.05) is 0 Å². The number of hydrogen-bond acceptors (Lipinski definition) is 9. The molecule has 0 heterocycles. The zero-order valence-electron chi connectivity index (χ0n) is 17.1. The van der Waals surface area contributed by atoms with Gasteiger partial charge in [0.05, 0.1) is 13.2 Å². The van der Waals surface area contributed by atoms with E-state index in [2.05, 4.69) is 0 Å². The van der Waals surface area contributed by atoms with E-state index in [0.717, 1.165) is 0 Å². The van der Waals surface area contributed by atoms with Crippen LogP contribution >= 0.6 is 0 Å². The first kappa shape index (κ1) is 23.7. The van der Waals surface area contributed by atoms with Crippen molar-refractivity contribution in [1.82, 2.24) is 0 Å². The maximum Gasteiger partial charge on any atom is 0.379 e. The van der Waals surface area contributed by atoms with E-state index in [4.69, 9.17) is 23.7 Å². The van der Waals surface area contributed by atoms with E-state index in [1.165, 1.54) is 62.8 Å². The third-order valence-corrected chi connectivity index (χ3v) is 3.88. The molecule has 0 radical (unpaired) electrons. The average molecular weight is 430 g/mol. The molecule has 0 atom stereocenters. The second kappa shape index (κ2) is 12.2. The molecule has 0 unspecified atom stereocenters. The number of carbonyl (C=O) groups is 4. The highest BCUT2D eigenvalue weighted by Crippen LogP contribution is 2.22. The summed E-state index contributed by atoms with van der Waals surface area (Å²) in [4.78, 5) is 47.4. The van der Waals surface area contributed by atoms with Crippen LogP contribution in [0, 0.1) is 0 Å². The molecule has 0 aliphatic carbocycles. The summed E-state index contributed by atoms with van der Waals surface area (Å²) in [6.45, 7) is 0.383. The number of benzene rings is 2. The second-order valence-electron chi connectivity index (χ2n) is 6.07. The van der Waals surface area contributed by atoms with Crippen molar-refractivity contribution in [2.24, 2.45) is 0 Å². The molecule has 2 aromatic carbocycles. The monoisotopic (exact) mass is 430 g/mol. The van der Waals surface area contributed by atoms with Crippen molar-refractivity contribution in [3.63, 3.8) is 0 Å². The summed E-state index contributed by atoms with van der Waals surface area (Å²) in [5.74, 6) is -2.67. The third-order valence-electron chi connectivity index (χ3n) is 3.88. The Morgan fingerprint density at radius 2 is 0.935 bits per heavy atom. The Bertz CT molecular complexity index is 826. The Morgan fingerprint density at radius 3 is 1.26 bits per heavy atom. The smallest absolute Gasteiger partial charge is 0.379 e. The summed E-state index contributed by atoms with van der Waals surface area (Å²) in [5, 5.41) is 0. The van der Waals surface area contributed by atoms with Crippen LogP contribution in [0.15, 0.2) is 48.5 Å². The SMILES string of the molecule is COCCOC(=O)C(=O)c1ccc(Oc2ccc(C(=O)C(=O)OCCOC)cc2)cc1. The van der Waals surface area contributed by atoms with Crippen LogP contribution in [0.2, 0.25) is 0 Å². The Labute approximate surface area is 178 Å².